The van der Waals surface area contributed by atoms with E-state index >= 15 is 0 Å². The molecular weight excluding hydrogens is 1030 g/mol. The van der Waals surface area contributed by atoms with Gasteiger partial charge in [0, 0.05) is 54.7 Å². The molecule has 0 spiro atoms. The maximum absolute atomic E-state index is 14.6. The van der Waals surface area contributed by atoms with Gasteiger partial charge in [-0.1, -0.05) is 48.5 Å². The Morgan fingerprint density at radius 2 is 1.25 bits per heavy atom. The van der Waals surface area contributed by atoms with E-state index in [-0.39, 0.29) is 67.3 Å². The number of esters is 1. The molecule has 80 heavy (non-hydrogen) atoms. The number of rotatable bonds is 22. The van der Waals surface area contributed by atoms with Crippen molar-refractivity contribution in [3.05, 3.63) is 125 Å². The summed E-state index contributed by atoms with van der Waals surface area (Å²) < 4.78 is 34.5. The van der Waals surface area contributed by atoms with Crippen LogP contribution in [0.5, 0.6) is 23.0 Å². The van der Waals surface area contributed by atoms with Gasteiger partial charge in [-0.05, 0) is 105 Å². The van der Waals surface area contributed by atoms with E-state index in [2.05, 4.69) is 20.7 Å². The van der Waals surface area contributed by atoms with Gasteiger partial charge in [0.1, 0.15) is 18.7 Å². The highest BCUT2D eigenvalue weighted by Crippen LogP contribution is 2.44. The van der Waals surface area contributed by atoms with Crippen LogP contribution in [0.2, 0.25) is 0 Å². The van der Waals surface area contributed by atoms with Crippen molar-refractivity contribution in [2.45, 2.75) is 102 Å². The van der Waals surface area contributed by atoms with Gasteiger partial charge in [0.25, 0.3) is 11.8 Å². The average molecular weight is 1090 g/mol. The first kappa shape index (κ1) is 55.8. The van der Waals surface area contributed by atoms with Crippen molar-refractivity contribution in [3.8, 4) is 23.0 Å². The van der Waals surface area contributed by atoms with E-state index in [1.807, 2.05) is 54.7 Å². The minimum absolute atomic E-state index is 0.129. The summed E-state index contributed by atoms with van der Waals surface area (Å²) >= 11 is 0. The van der Waals surface area contributed by atoms with Crippen molar-refractivity contribution in [1.29, 1.82) is 0 Å². The van der Waals surface area contributed by atoms with Crippen molar-refractivity contribution >= 4 is 76.2 Å². The van der Waals surface area contributed by atoms with E-state index < -0.39 is 30.0 Å². The summed E-state index contributed by atoms with van der Waals surface area (Å²) in [7, 11) is 4.34. The number of carbonyl (C=O) groups is 7. The molecule has 4 atom stereocenters. The molecule has 0 unspecified atom stereocenters. The number of nitrogens with zero attached hydrogens (tertiary/aromatic N) is 4. The van der Waals surface area contributed by atoms with Gasteiger partial charge in [0.15, 0.2) is 23.0 Å². The molecule has 0 aromatic heterocycles. The topological polar surface area (TPSA) is 233 Å². The van der Waals surface area contributed by atoms with Gasteiger partial charge in [-0.15, -0.1) is 0 Å². The van der Waals surface area contributed by atoms with Crippen molar-refractivity contribution in [3.63, 3.8) is 0 Å². The van der Waals surface area contributed by atoms with Crippen LogP contribution in [0.3, 0.4) is 0 Å². The largest absolute Gasteiger partial charge is 0.493 e. The Bertz CT molecular complexity index is 3200. The van der Waals surface area contributed by atoms with Gasteiger partial charge in [-0.3, -0.25) is 43.6 Å². The lowest BCUT2D eigenvalue weighted by Gasteiger charge is -2.26. The Balaban J connectivity index is 0.794. The molecule has 0 fully saturated rings. The Morgan fingerprint density at radius 1 is 0.637 bits per heavy atom. The Hall–Kier alpha value is -8.94. The molecule has 3 N–H and O–H groups in total. The van der Waals surface area contributed by atoms with Gasteiger partial charge in [-0.2, -0.15) is 0 Å². The summed E-state index contributed by atoms with van der Waals surface area (Å²) in [6.45, 7) is 3.69. The van der Waals surface area contributed by atoms with E-state index in [9.17, 15) is 33.6 Å². The third-order valence-corrected chi connectivity index (χ3v) is 14.5. The fourth-order valence-electron chi connectivity index (χ4n) is 10.2. The molecular formula is C60H65N7O13. The van der Waals surface area contributed by atoms with Crippen LogP contribution in [-0.2, 0) is 48.1 Å². The Morgan fingerprint density at radius 3 is 1.94 bits per heavy atom. The fraction of sp³-hybridized carbons (Fsp3) is 0.367. The third-order valence-electron chi connectivity index (χ3n) is 14.5. The van der Waals surface area contributed by atoms with Crippen molar-refractivity contribution in [2.75, 3.05) is 61.1 Å². The van der Waals surface area contributed by atoms with Crippen LogP contribution >= 0.6 is 0 Å². The molecule has 0 radical (unpaired) electrons. The SMILES string of the molecule is COC(=O)CCCCC(=O)N[C@@H](C)C(=O)N[C@@H](C)C(=O)Nc1ccc(COC(=O)N2C[C@@H]3Cc4ccccc4N3C(=O)c3cc(OC)c(OCCCCCOc4cc5c(cc4OC)C(=O)N4c6ccccc6C[C@H]4C=N5)cc32)cc1. The second-order valence-corrected chi connectivity index (χ2v) is 20.0. The highest BCUT2D eigenvalue weighted by Gasteiger charge is 2.42. The standard InChI is InChI=1S/C60H65N7O13/c1-36(62-54(68)19-11-12-20-55(69)77-5)56(70)63-37(2)57(71)64-41-23-21-38(22-24-41)35-80-60(74)65-34-43-28-40-16-8-10-18-48(40)67(43)59(73)45-30-51(76-4)53(32-49(45)65)79-26-14-6-13-25-78-52-31-46-44(29-50(52)75-3)58(72)66-42(33-61-46)27-39-15-7-9-17-47(39)66/h7-10,15-18,21-24,29-33,36-37,42-43H,6,11-14,19-20,25-28,34-35H2,1-5H3,(H,62,68)(H,63,70)(H,64,71)/t36-,37-,42-,43-/m0/s1. The molecule has 4 aliphatic rings. The van der Waals surface area contributed by atoms with Crippen molar-refractivity contribution in [1.82, 2.24) is 10.6 Å². The molecule has 20 heteroatoms. The molecule has 0 bridgehead atoms. The summed E-state index contributed by atoms with van der Waals surface area (Å²) in [5.41, 5.74) is 6.31. The predicted molar refractivity (Wildman–Crippen MR) is 299 cm³/mol. The van der Waals surface area contributed by atoms with Crippen LogP contribution < -0.4 is 49.6 Å². The van der Waals surface area contributed by atoms with E-state index in [1.54, 1.807) is 65.4 Å². The minimum atomic E-state index is -0.945. The summed E-state index contributed by atoms with van der Waals surface area (Å²) in [4.78, 5) is 102. The van der Waals surface area contributed by atoms with E-state index in [0.29, 0.717) is 103 Å². The lowest BCUT2D eigenvalue weighted by Crippen LogP contribution is -2.50. The highest BCUT2D eigenvalue weighted by atomic mass is 16.6. The number of fused-ring (bicyclic) bond motifs is 8. The maximum atomic E-state index is 14.6. The smallest absolute Gasteiger partial charge is 0.414 e. The monoisotopic (exact) mass is 1090 g/mol. The number of hydrogen-bond acceptors (Lipinski definition) is 14. The molecule has 4 heterocycles. The van der Waals surface area contributed by atoms with Gasteiger partial charge in [0.2, 0.25) is 17.7 Å². The first-order valence-electron chi connectivity index (χ1n) is 26.8. The number of anilines is 4. The number of ether oxygens (including phenoxy) is 6. The zero-order valence-corrected chi connectivity index (χ0v) is 45.4. The van der Waals surface area contributed by atoms with E-state index in [4.69, 9.17) is 28.7 Å². The average Bonchev–Trinajstić information content (AvgIpc) is 4.06. The summed E-state index contributed by atoms with van der Waals surface area (Å²) in [5.74, 6) is -0.594. The number of benzene rings is 5. The fourth-order valence-corrected chi connectivity index (χ4v) is 10.2. The second kappa shape index (κ2) is 25.2. The van der Waals surface area contributed by atoms with Gasteiger partial charge in [0.05, 0.1) is 75.7 Å². The number of unbranched alkanes of at least 4 members (excludes halogenated alkanes) is 3. The summed E-state index contributed by atoms with van der Waals surface area (Å²) in [6, 6.07) is 26.5. The first-order valence-corrected chi connectivity index (χ1v) is 26.8. The molecule has 0 saturated carbocycles. The molecule has 9 rings (SSSR count). The van der Waals surface area contributed by atoms with Crippen LogP contribution in [0, 0.1) is 0 Å². The van der Waals surface area contributed by atoms with Gasteiger partial charge < -0.3 is 49.3 Å². The third kappa shape index (κ3) is 12.5. The van der Waals surface area contributed by atoms with Crippen molar-refractivity contribution < 1.29 is 62.0 Å². The van der Waals surface area contributed by atoms with Gasteiger partial charge in [-0.25, -0.2) is 4.79 Å². The van der Waals surface area contributed by atoms with Gasteiger partial charge >= 0.3 is 12.1 Å². The molecule has 6 amide bonds. The molecule has 5 aromatic carbocycles. The number of amides is 6. The Labute approximate surface area is 463 Å². The van der Waals surface area contributed by atoms with Crippen LogP contribution in [-0.4, -0.2) is 113 Å². The molecule has 418 valence electrons. The maximum Gasteiger partial charge on any atom is 0.414 e. The van der Waals surface area contributed by atoms with Crippen molar-refractivity contribution in [2.24, 2.45) is 4.99 Å². The number of hydrogen-bond donors (Lipinski definition) is 3. The summed E-state index contributed by atoms with van der Waals surface area (Å²) in [5, 5.41) is 7.98. The van der Waals surface area contributed by atoms with Crippen LogP contribution in [0.1, 0.15) is 96.2 Å². The number of carbonyl (C=O) groups excluding carboxylic acids is 7. The zero-order chi connectivity index (χ0) is 56.5. The molecule has 0 saturated heterocycles. The zero-order valence-electron chi connectivity index (χ0n) is 45.4. The number of nitrogens with one attached hydrogen (secondary N) is 3. The number of para-hydroxylation sites is 2. The highest BCUT2D eigenvalue weighted by molar-refractivity contribution is 6.16. The normalized spacial score (nSPS) is 16.2. The number of aliphatic imine (C=N–C) groups is 1. The Kier molecular flexibility index (Phi) is 17.6. The number of methoxy groups -OCH3 is 3. The quantitative estimate of drug-likeness (QED) is 0.0441. The van der Waals surface area contributed by atoms with E-state index in [0.717, 1.165) is 28.9 Å². The molecule has 20 nitrogen and oxygen atoms in total. The minimum Gasteiger partial charge on any atom is -0.493 e. The second-order valence-electron chi connectivity index (χ2n) is 20.0. The summed E-state index contributed by atoms with van der Waals surface area (Å²) in [6.07, 6.45) is 5.66. The lowest BCUT2D eigenvalue weighted by molar-refractivity contribution is -0.140. The predicted octanol–water partition coefficient (Wildman–Crippen LogP) is 8.03. The molecule has 5 aromatic rings. The van der Waals surface area contributed by atoms with E-state index in [1.165, 1.54) is 33.0 Å². The van der Waals surface area contributed by atoms with Crippen LogP contribution in [0.25, 0.3) is 0 Å². The van der Waals surface area contributed by atoms with Crippen LogP contribution in [0.4, 0.5) is 33.2 Å². The first-order chi connectivity index (χ1) is 38.7. The lowest BCUT2D eigenvalue weighted by atomic mass is 10.1. The molecule has 0 aliphatic carbocycles. The van der Waals surface area contributed by atoms with Crippen LogP contribution in [0.15, 0.2) is 102 Å². The molecule has 4 aliphatic heterocycles.